The topological polar surface area (TPSA) is 59.9 Å². The Kier molecular flexibility index (Phi) is 4.96. The van der Waals surface area contributed by atoms with Crippen LogP contribution >= 0.6 is 0 Å². The average Bonchev–Trinajstić information content (AvgIpc) is 2.97. The Morgan fingerprint density at radius 1 is 1.14 bits per heavy atom. The van der Waals surface area contributed by atoms with Crippen molar-refractivity contribution in [3.8, 4) is 0 Å². The van der Waals surface area contributed by atoms with E-state index in [1.165, 1.54) is 11.1 Å². The molecule has 0 bridgehead atoms. The lowest BCUT2D eigenvalue weighted by Gasteiger charge is -2.19. The van der Waals surface area contributed by atoms with Crippen molar-refractivity contribution in [3.05, 3.63) is 48.0 Å². The zero-order valence-corrected chi connectivity index (χ0v) is 12.9. The predicted molar refractivity (Wildman–Crippen MR) is 85.7 cm³/mol. The molecule has 2 aromatic rings. The summed E-state index contributed by atoms with van der Waals surface area (Å²) < 4.78 is 5.64. The number of nitrogens with zero attached hydrogens (tertiary/aromatic N) is 3. The van der Waals surface area contributed by atoms with Crippen molar-refractivity contribution in [1.82, 2.24) is 15.0 Å². The molecule has 1 N–H and O–H groups in total. The first-order chi connectivity index (χ1) is 10.8. The maximum atomic E-state index is 5.64. The zero-order chi connectivity index (χ0) is 15.2. The SMILES string of the molecule is CCCc1cnc(N[C@H]2COC[C@H]2Cc2ccncc2)nc1. The average molecular weight is 298 g/mol. The molecule has 1 fully saturated rings. The van der Waals surface area contributed by atoms with E-state index in [2.05, 4.69) is 39.3 Å². The molecule has 2 aromatic heterocycles. The maximum absolute atomic E-state index is 5.64. The van der Waals surface area contributed by atoms with E-state index >= 15 is 0 Å². The molecule has 0 aromatic carbocycles. The molecule has 0 aliphatic carbocycles. The molecule has 0 radical (unpaired) electrons. The minimum absolute atomic E-state index is 0.255. The Hall–Kier alpha value is -2.01. The number of hydrogen-bond donors (Lipinski definition) is 1. The number of aryl methyl sites for hydroxylation is 1. The van der Waals surface area contributed by atoms with Crippen LogP contribution in [0.3, 0.4) is 0 Å². The first-order valence-electron chi connectivity index (χ1n) is 7.89. The molecule has 5 nitrogen and oxygen atoms in total. The Balaban J connectivity index is 1.61. The lowest BCUT2D eigenvalue weighted by molar-refractivity contribution is 0.185. The molecule has 3 heterocycles. The van der Waals surface area contributed by atoms with Crippen LogP contribution in [0.4, 0.5) is 5.95 Å². The van der Waals surface area contributed by atoms with Gasteiger partial charge in [0.25, 0.3) is 0 Å². The summed E-state index contributed by atoms with van der Waals surface area (Å²) in [7, 11) is 0. The fourth-order valence-electron chi connectivity index (χ4n) is 2.79. The van der Waals surface area contributed by atoms with Crippen LogP contribution in [0.25, 0.3) is 0 Å². The second kappa shape index (κ2) is 7.31. The predicted octanol–water partition coefficient (Wildman–Crippen LogP) is 2.49. The summed E-state index contributed by atoms with van der Waals surface area (Å²) in [5, 5.41) is 3.42. The highest BCUT2D eigenvalue weighted by Gasteiger charge is 2.28. The third-order valence-corrected chi connectivity index (χ3v) is 4.00. The van der Waals surface area contributed by atoms with Crippen LogP contribution in [-0.4, -0.2) is 34.2 Å². The summed E-state index contributed by atoms with van der Waals surface area (Å²) in [6, 6.07) is 4.38. The molecule has 1 aliphatic rings. The molecule has 1 saturated heterocycles. The van der Waals surface area contributed by atoms with Gasteiger partial charge in [-0.15, -0.1) is 0 Å². The summed E-state index contributed by atoms with van der Waals surface area (Å²) >= 11 is 0. The Bertz CT molecular complexity index is 573. The third kappa shape index (κ3) is 3.80. The van der Waals surface area contributed by atoms with Crippen molar-refractivity contribution in [2.45, 2.75) is 32.2 Å². The number of rotatable bonds is 6. The van der Waals surface area contributed by atoms with E-state index in [1.54, 1.807) is 0 Å². The molecule has 22 heavy (non-hydrogen) atoms. The quantitative estimate of drug-likeness (QED) is 0.888. The molecular formula is C17H22N4O. The monoisotopic (exact) mass is 298 g/mol. The normalized spacial score (nSPS) is 21.0. The number of ether oxygens (including phenoxy) is 1. The summed E-state index contributed by atoms with van der Waals surface area (Å²) in [6.45, 7) is 3.63. The van der Waals surface area contributed by atoms with Crippen LogP contribution in [-0.2, 0) is 17.6 Å². The van der Waals surface area contributed by atoms with Gasteiger partial charge in [0.2, 0.25) is 5.95 Å². The van der Waals surface area contributed by atoms with Crippen LogP contribution in [0, 0.1) is 5.92 Å². The molecule has 2 atom stereocenters. The third-order valence-electron chi connectivity index (χ3n) is 4.00. The molecule has 0 spiro atoms. The van der Waals surface area contributed by atoms with Gasteiger partial charge in [-0.2, -0.15) is 0 Å². The molecule has 0 saturated carbocycles. The van der Waals surface area contributed by atoms with Crippen LogP contribution in [0.2, 0.25) is 0 Å². The van der Waals surface area contributed by atoms with E-state index in [1.807, 2.05) is 24.8 Å². The second-order valence-electron chi connectivity index (χ2n) is 5.77. The maximum Gasteiger partial charge on any atom is 0.222 e. The zero-order valence-electron chi connectivity index (χ0n) is 12.9. The highest BCUT2D eigenvalue weighted by atomic mass is 16.5. The number of anilines is 1. The fourth-order valence-corrected chi connectivity index (χ4v) is 2.79. The largest absolute Gasteiger partial charge is 0.379 e. The minimum Gasteiger partial charge on any atom is -0.379 e. The lowest BCUT2D eigenvalue weighted by atomic mass is 9.95. The standard InChI is InChI=1S/C17H22N4O/c1-2-3-14-9-19-17(20-10-14)21-16-12-22-11-15(16)8-13-4-6-18-7-5-13/h4-7,9-10,15-16H,2-3,8,11-12H2,1H3,(H,19,20,21)/t15-,16+/m1/s1. The number of hydrogen-bond acceptors (Lipinski definition) is 5. The highest BCUT2D eigenvalue weighted by Crippen LogP contribution is 2.21. The van der Waals surface area contributed by atoms with Gasteiger partial charge in [0.15, 0.2) is 0 Å². The van der Waals surface area contributed by atoms with Crippen molar-refractivity contribution in [2.75, 3.05) is 18.5 Å². The molecule has 116 valence electrons. The van der Waals surface area contributed by atoms with E-state index in [4.69, 9.17) is 4.74 Å². The number of pyridine rings is 1. The van der Waals surface area contributed by atoms with Gasteiger partial charge in [-0.3, -0.25) is 4.98 Å². The molecule has 0 amide bonds. The van der Waals surface area contributed by atoms with Crippen molar-refractivity contribution in [1.29, 1.82) is 0 Å². The smallest absolute Gasteiger partial charge is 0.222 e. The summed E-state index contributed by atoms with van der Waals surface area (Å²) in [4.78, 5) is 12.9. The van der Waals surface area contributed by atoms with Gasteiger partial charge in [-0.25, -0.2) is 9.97 Å². The first-order valence-corrected chi connectivity index (χ1v) is 7.89. The summed E-state index contributed by atoms with van der Waals surface area (Å²) in [5.41, 5.74) is 2.47. The Labute approximate surface area is 131 Å². The molecule has 3 rings (SSSR count). The van der Waals surface area contributed by atoms with Gasteiger partial charge in [-0.1, -0.05) is 13.3 Å². The highest BCUT2D eigenvalue weighted by molar-refractivity contribution is 5.28. The fraction of sp³-hybridized carbons (Fsp3) is 0.471. The number of nitrogens with one attached hydrogen (secondary N) is 1. The Morgan fingerprint density at radius 2 is 1.91 bits per heavy atom. The van der Waals surface area contributed by atoms with Crippen molar-refractivity contribution in [2.24, 2.45) is 5.92 Å². The van der Waals surface area contributed by atoms with Gasteiger partial charge >= 0.3 is 0 Å². The van der Waals surface area contributed by atoms with Crippen LogP contribution in [0.15, 0.2) is 36.9 Å². The Morgan fingerprint density at radius 3 is 2.64 bits per heavy atom. The molecular weight excluding hydrogens is 276 g/mol. The first kappa shape index (κ1) is 14.9. The molecule has 1 aliphatic heterocycles. The van der Waals surface area contributed by atoms with E-state index < -0.39 is 0 Å². The van der Waals surface area contributed by atoms with Crippen molar-refractivity contribution < 1.29 is 4.74 Å². The minimum atomic E-state index is 0.255. The number of aromatic nitrogens is 3. The second-order valence-corrected chi connectivity index (χ2v) is 5.77. The van der Waals surface area contributed by atoms with Crippen LogP contribution in [0.5, 0.6) is 0 Å². The van der Waals surface area contributed by atoms with Gasteiger partial charge in [0.1, 0.15) is 0 Å². The molecule has 0 unspecified atom stereocenters. The van der Waals surface area contributed by atoms with E-state index in [9.17, 15) is 0 Å². The van der Waals surface area contributed by atoms with Gasteiger partial charge in [-0.05, 0) is 36.1 Å². The van der Waals surface area contributed by atoms with Crippen molar-refractivity contribution >= 4 is 5.95 Å². The van der Waals surface area contributed by atoms with Gasteiger partial charge < -0.3 is 10.1 Å². The van der Waals surface area contributed by atoms with Crippen LogP contribution in [0.1, 0.15) is 24.5 Å². The summed E-state index contributed by atoms with van der Waals surface area (Å²) in [5.74, 6) is 1.12. The van der Waals surface area contributed by atoms with Crippen LogP contribution < -0.4 is 5.32 Å². The van der Waals surface area contributed by atoms with Gasteiger partial charge in [0.05, 0.1) is 19.3 Å². The van der Waals surface area contributed by atoms with Crippen molar-refractivity contribution in [3.63, 3.8) is 0 Å². The van der Waals surface area contributed by atoms with E-state index in [-0.39, 0.29) is 6.04 Å². The lowest BCUT2D eigenvalue weighted by Crippen LogP contribution is -2.30. The summed E-state index contributed by atoms with van der Waals surface area (Å²) in [6.07, 6.45) is 10.6. The van der Waals surface area contributed by atoms with E-state index in [0.29, 0.717) is 18.5 Å². The van der Waals surface area contributed by atoms with E-state index in [0.717, 1.165) is 25.9 Å². The van der Waals surface area contributed by atoms with Gasteiger partial charge in [0, 0.05) is 30.7 Å². The molecule has 5 heteroatoms.